The molecule has 0 heterocycles. The normalized spacial score (nSPS) is 19.9. The van der Waals surface area contributed by atoms with Gasteiger partial charge in [-0.2, -0.15) is 0 Å². The molecule has 0 saturated heterocycles. The quantitative estimate of drug-likeness (QED) is 0.563. The number of rotatable bonds is 1. The van der Waals surface area contributed by atoms with Crippen LogP contribution >= 0.6 is 0 Å². The van der Waals surface area contributed by atoms with Crippen molar-refractivity contribution in [3.63, 3.8) is 0 Å². The molecule has 0 N–H and O–H groups in total. The molecule has 0 aromatic heterocycles. The van der Waals surface area contributed by atoms with Gasteiger partial charge in [-0.05, 0) is 50.7 Å². The Hall–Kier alpha value is -0.520. The minimum Gasteiger partial charge on any atom is -0.0629 e. The monoisotopic (exact) mass is 192 g/mol. The van der Waals surface area contributed by atoms with Crippen molar-refractivity contribution < 1.29 is 0 Å². The van der Waals surface area contributed by atoms with Gasteiger partial charge < -0.3 is 0 Å². The molecule has 0 spiro atoms. The van der Waals surface area contributed by atoms with Gasteiger partial charge in [-0.15, -0.1) is 0 Å². The standard InChI is InChI=1S/C14H24/c1-9-10(2)12(4)13(11(9)3)8-14(5,6)7/h13H,8H2,1-7H3. The molecule has 14 heavy (non-hydrogen) atoms. The van der Waals surface area contributed by atoms with E-state index in [1.54, 1.807) is 11.1 Å². The average Bonchev–Trinajstić information content (AvgIpc) is 2.20. The van der Waals surface area contributed by atoms with E-state index < -0.39 is 0 Å². The van der Waals surface area contributed by atoms with Crippen LogP contribution in [0.25, 0.3) is 0 Å². The lowest BCUT2D eigenvalue weighted by Gasteiger charge is -2.25. The summed E-state index contributed by atoms with van der Waals surface area (Å²) in [5, 5.41) is 0. The van der Waals surface area contributed by atoms with Crippen molar-refractivity contribution >= 4 is 0 Å². The maximum atomic E-state index is 2.33. The smallest absolute Gasteiger partial charge is 0.00180 e. The highest BCUT2D eigenvalue weighted by Crippen LogP contribution is 2.42. The fraction of sp³-hybridized carbons (Fsp3) is 0.714. The summed E-state index contributed by atoms with van der Waals surface area (Å²) in [5.74, 6) is 0.704. The summed E-state index contributed by atoms with van der Waals surface area (Å²) in [4.78, 5) is 0. The number of hydrogen-bond acceptors (Lipinski definition) is 0. The van der Waals surface area contributed by atoms with Crippen molar-refractivity contribution in [2.45, 2.75) is 54.9 Å². The Balaban J connectivity index is 2.93. The van der Waals surface area contributed by atoms with Crippen molar-refractivity contribution in [1.29, 1.82) is 0 Å². The van der Waals surface area contributed by atoms with Crippen LogP contribution in [-0.2, 0) is 0 Å². The lowest BCUT2D eigenvalue weighted by molar-refractivity contribution is 0.339. The van der Waals surface area contributed by atoms with Crippen LogP contribution < -0.4 is 0 Å². The first-order chi connectivity index (χ1) is 6.24. The van der Waals surface area contributed by atoms with Gasteiger partial charge in [0.2, 0.25) is 0 Å². The Kier molecular flexibility index (Phi) is 2.94. The van der Waals surface area contributed by atoms with Gasteiger partial charge in [0.25, 0.3) is 0 Å². The molecule has 0 heteroatoms. The van der Waals surface area contributed by atoms with Crippen LogP contribution in [-0.4, -0.2) is 0 Å². The van der Waals surface area contributed by atoms with Crippen LogP contribution in [0.1, 0.15) is 54.9 Å². The summed E-state index contributed by atoms with van der Waals surface area (Å²) in [6.45, 7) is 16.1. The van der Waals surface area contributed by atoms with Crippen LogP contribution in [0.2, 0.25) is 0 Å². The summed E-state index contributed by atoms with van der Waals surface area (Å²) in [7, 11) is 0. The first-order valence-electron chi connectivity index (χ1n) is 5.59. The maximum Gasteiger partial charge on any atom is 0.00180 e. The van der Waals surface area contributed by atoms with E-state index in [-0.39, 0.29) is 0 Å². The molecule has 0 aromatic rings. The van der Waals surface area contributed by atoms with Crippen molar-refractivity contribution in [2.24, 2.45) is 11.3 Å². The fourth-order valence-corrected chi connectivity index (χ4v) is 2.36. The Morgan fingerprint density at radius 3 is 1.50 bits per heavy atom. The minimum atomic E-state index is 0.429. The first-order valence-corrected chi connectivity index (χ1v) is 5.59. The van der Waals surface area contributed by atoms with Crippen LogP contribution in [0.4, 0.5) is 0 Å². The highest BCUT2D eigenvalue weighted by Gasteiger charge is 2.27. The van der Waals surface area contributed by atoms with Crippen LogP contribution in [0.15, 0.2) is 22.3 Å². The van der Waals surface area contributed by atoms with Gasteiger partial charge in [0, 0.05) is 5.92 Å². The Morgan fingerprint density at radius 1 is 0.857 bits per heavy atom. The summed E-state index contributed by atoms with van der Waals surface area (Å²) in [6, 6.07) is 0. The molecule has 0 radical (unpaired) electrons. The molecular weight excluding hydrogens is 168 g/mol. The van der Waals surface area contributed by atoms with Gasteiger partial charge in [-0.25, -0.2) is 0 Å². The van der Waals surface area contributed by atoms with Crippen LogP contribution in [0.5, 0.6) is 0 Å². The topological polar surface area (TPSA) is 0 Å². The lowest BCUT2D eigenvalue weighted by Crippen LogP contribution is -2.13. The first kappa shape index (κ1) is 11.6. The third kappa shape index (κ3) is 2.10. The largest absolute Gasteiger partial charge is 0.0629 e. The molecule has 0 fully saturated rings. The van der Waals surface area contributed by atoms with Gasteiger partial charge in [-0.3, -0.25) is 0 Å². The van der Waals surface area contributed by atoms with E-state index in [2.05, 4.69) is 48.5 Å². The molecule has 0 unspecified atom stereocenters. The maximum absolute atomic E-state index is 2.33. The van der Waals surface area contributed by atoms with E-state index in [0.717, 1.165) is 0 Å². The SMILES string of the molecule is CC1=C(C)C(CC(C)(C)C)C(C)=C1C. The molecule has 0 nitrogen and oxygen atoms in total. The third-order valence-corrected chi connectivity index (χ3v) is 3.61. The van der Waals surface area contributed by atoms with E-state index in [9.17, 15) is 0 Å². The second kappa shape index (κ2) is 3.56. The summed E-state index contributed by atoms with van der Waals surface area (Å²) in [5.41, 5.74) is 6.66. The minimum absolute atomic E-state index is 0.429. The number of hydrogen-bond donors (Lipinski definition) is 0. The zero-order chi connectivity index (χ0) is 11.1. The molecule has 0 bridgehead atoms. The average molecular weight is 192 g/mol. The van der Waals surface area contributed by atoms with Crippen LogP contribution in [0, 0.1) is 11.3 Å². The van der Waals surface area contributed by atoms with Gasteiger partial charge in [0.05, 0.1) is 0 Å². The molecule has 1 rings (SSSR count). The molecule has 0 saturated carbocycles. The van der Waals surface area contributed by atoms with Crippen molar-refractivity contribution in [3.8, 4) is 0 Å². The molecule has 0 amide bonds. The highest BCUT2D eigenvalue weighted by atomic mass is 14.3. The van der Waals surface area contributed by atoms with E-state index in [0.29, 0.717) is 11.3 Å². The van der Waals surface area contributed by atoms with Crippen LogP contribution in [0.3, 0.4) is 0 Å². The third-order valence-electron chi connectivity index (χ3n) is 3.61. The Bertz CT molecular complexity index is 270. The zero-order valence-corrected chi connectivity index (χ0v) is 10.8. The predicted octanol–water partition coefficient (Wildman–Crippen LogP) is 4.73. The van der Waals surface area contributed by atoms with Crippen molar-refractivity contribution in [2.75, 3.05) is 0 Å². The summed E-state index contributed by atoms with van der Waals surface area (Å²) < 4.78 is 0. The van der Waals surface area contributed by atoms with E-state index in [1.165, 1.54) is 17.6 Å². The molecule has 1 aliphatic carbocycles. The summed E-state index contributed by atoms with van der Waals surface area (Å²) >= 11 is 0. The second-order valence-corrected chi connectivity index (χ2v) is 5.93. The van der Waals surface area contributed by atoms with Gasteiger partial charge >= 0.3 is 0 Å². The molecule has 1 aliphatic rings. The lowest BCUT2D eigenvalue weighted by atomic mass is 9.80. The molecule has 0 aliphatic heterocycles. The van der Waals surface area contributed by atoms with E-state index >= 15 is 0 Å². The highest BCUT2D eigenvalue weighted by molar-refractivity contribution is 5.46. The molecule has 0 aromatic carbocycles. The van der Waals surface area contributed by atoms with Crippen molar-refractivity contribution in [1.82, 2.24) is 0 Å². The Labute approximate surface area is 89.1 Å². The molecule has 80 valence electrons. The Morgan fingerprint density at radius 2 is 1.21 bits per heavy atom. The van der Waals surface area contributed by atoms with Crippen molar-refractivity contribution in [3.05, 3.63) is 22.3 Å². The van der Waals surface area contributed by atoms with E-state index in [4.69, 9.17) is 0 Å². The molecule has 0 atom stereocenters. The van der Waals surface area contributed by atoms with Gasteiger partial charge in [0.15, 0.2) is 0 Å². The van der Waals surface area contributed by atoms with E-state index in [1.807, 2.05) is 0 Å². The second-order valence-electron chi connectivity index (χ2n) is 5.93. The molecular formula is C14H24. The number of allylic oxidation sites excluding steroid dienone is 4. The predicted molar refractivity (Wildman–Crippen MR) is 64.3 cm³/mol. The summed E-state index contributed by atoms with van der Waals surface area (Å²) in [6.07, 6.45) is 1.28. The zero-order valence-electron chi connectivity index (χ0n) is 10.8. The van der Waals surface area contributed by atoms with Gasteiger partial charge in [0.1, 0.15) is 0 Å². The van der Waals surface area contributed by atoms with Gasteiger partial charge in [-0.1, -0.05) is 31.9 Å². The fourth-order valence-electron chi connectivity index (χ4n) is 2.36.